The molecular weight excluding hydrogens is 496 g/mol. The second kappa shape index (κ2) is 10.7. The number of para-hydroxylation sites is 1. The van der Waals surface area contributed by atoms with E-state index in [9.17, 15) is 4.79 Å². The number of hydrogen-bond donors (Lipinski definition) is 1. The molecule has 39 heavy (non-hydrogen) atoms. The molecule has 3 aromatic heterocycles. The summed E-state index contributed by atoms with van der Waals surface area (Å²) in [4.78, 5) is 21.7. The van der Waals surface area contributed by atoms with Crippen molar-refractivity contribution in [1.29, 1.82) is 0 Å². The zero-order chi connectivity index (χ0) is 26.6. The highest BCUT2D eigenvalue weighted by molar-refractivity contribution is 5.83. The predicted molar refractivity (Wildman–Crippen MR) is 146 cm³/mol. The minimum atomic E-state index is -0.301. The van der Waals surface area contributed by atoms with Crippen molar-refractivity contribution < 1.29 is 14.2 Å². The maximum Gasteiger partial charge on any atom is 0.259 e. The van der Waals surface area contributed by atoms with E-state index in [1.165, 1.54) is 4.80 Å². The molecule has 0 saturated carbocycles. The first kappa shape index (κ1) is 24.3. The fraction of sp³-hybridized carbons (Fsp3) is 0.138. The van der Waals surface area contributed by atoms with Gasteiger partial charge in [0.05, 0.1) is 23.3 Å². The smallest absolute Gasteiger partial charge is 0.259 e. The first-order valence-corrected chi connectivity index (χ1v) is 12.3. The number of tetrazole rings is 1. The van der Waals surface area contributed by atoms with Gasteiger partial charge < -0.3 is 19.2 Å². The van der Waals surface area contributed by atoms with Gasteiger partial charge in [0.25, 0.3) is 5.56 Å². The van der Waals surface area contributed by atoms with Gasteiger partial charge in [-0.25, -0.2) is 4.98 Å². The molecule has 1 N–H and O–H groups in total. The molecule has 0 aliphatic carbocycles. The molecule has 0 aliphatic heterocycles. The minimum absolute atomic E-state index is 0.129. The predicted octanol–water partition coefficient (Wildman–Crippen LogP) is 4.34. The third-order valence-electron chi connectivity index (χ3n) is 6.12. The number of rotatable bonds is 9. The van der Waals surface area contributed by atoms with Crippen molar-refractivity contribution in [3.8, 4) is 22.9 Å². The SMILES string of the molecule is COCOc1ccc2[nH]c(=O)c(-c3nnn(Cc4cccc(OCc5ccc6ccccc6n5)c4)n3)cc2c1. The zero-order valence-electron chi connectivity index (χ0n) is 21.1. The fourth-order valence-corrected chi connectivity index (χ4v) is 4.23. The summed E-state index contributed by atoms with van der Waals surface area (Å²) in [7, 11) is 1.55. The topological polar surface area (TPSA) is 117 Å². The molecule has 0 bridgehead atoms. The van der Waals surface area contributed by atoms with E-state index in [1.807, 2.05) is 66.7 Å². The van der Waals surface area contributed by atoms with Crippen LogP contribution < -0.4 is 15.0 Å². The van der Waals surface area contributed by atoms with Gasteiger partial charge in [-0.1, -0.05) is 36.4 Å². The molecule has 10 nitrogen and oxygen atoms in total. The molecule has 0 unspecified atom stereocenters. The molecule has 6 aromatic rings. The van der Waals surface area contributed by atoms with Gasteiger partial charge in [0.15, 0.2) is 6.79 Å². The quantitative estimate of drug-likeness (QED) is 0.280. The summed E-state index contributed by atoms with van der Waals surface area (Å²) in [5.74, 6) is 1.56. The standard InChI is InChI=1S/C29H24N6O4/c1-37-18-39-24-11-12-27-21(14-24)15-25(29(36)31-27)28-32-34-35(33-28)16-19-5-4-7-23(13-19)38-17-22-10-9-20-6-2-3-8-26(20)30-22/h2-15H,16-18H2,1H3,(H,31,36). The number of aromatic nitrogens is 6. The Morgan fingerprint density at radius 1 is 0.872 bits per heavy atom. The lowest BCUT2D eigenvalue weighted by Crippen LogP contribution is -2.10. The first-order chi connectivity index (χ1) is 19.1. The van der Waals surface area contributed by atoms with Crippen molar-refractivity contribution in [3.63, 3.8) is 0 Å². The molecule has 3 heterocycles. The van der Waals surface area contributed by atoms with Crippen molar-refractivity contribution in [3.05, 3.63) is 107 Å². The highest BCUT2D eigenvalue weighted by atomic mass is 16.7. The number of hydrogen-bond acceptors (Lipinski definition) is 8. The van der Waals surface area contributed by atoms with E-state index in [-0.39, 0.29) is 18.2 Å². The second-order valence-electron chi connectivity index (χ2n) is 8.89. The normalized spacial score (nSPS) is 11.2. The fourth-order valence-electron chi connectivity index (χ4n) is 4.23. The van der Waals surface area contributed by atoms with E-state index in [0.717, 1.165) is 27.5 Å². The Morgan fingerprint density at radius 3 is 2.69 bits per heavy atom. The molecule has 0 spiro atoms. The lowest BCUT2D eigenvalue weighted by molar-refractivity contribution is 0.0512. The maximum absolute atomic E-state index is 12.7. The van der Waals surface area contributed by atoms with Crippen molar-refractivity contribution in [1.82, 2.24) is 30.2 Å². The minimum Gasteiger partial charge on any atom is -0.487 e. The molecule has 0 atom stereocenters. The third-order valence-corrected chi connectivity index (χ3v) is 6.12. The van der Waals surface area contributed by atoms with E-state index >= 15 is 0 Å². The van der Waals surface area contributed by atoms with Gasteiger partial charge in [0.1, 0.15) is 18.1 Å². The van der Waals surface area contributed by atoms with Crippen LogP contribution in [-0.2, 0) is 17.9 Å². The molecule has 0 saturated heterocycles. The Bertz CT molecular complexity index is 1830. The highest BCUT2D eigenvalue weighted by Gasteiger charge is 2.13. The Balaban J connectivity index is 1.16. The van der Waals surface area contributed by atoms with Gasteiger partial charge in [-0.3, -0.25) is 4.79 Å². The monoisotopic (exact) mass is 520 g/mol. The molecule has 0 aliphatic rings. The van der Waals surface area contributed by atoms with Crippen LogP contribution in [0.3, 0.4) is 0 Å². The average Bonchev–Trinajstić information content (AvgIpc) is 3.42. The summed E-state index contributed by atoms with van der Waals surface area (Å²) < 4.78 is 16.5. The molecule has 0 amide bonds. The lowest BCUT2D eigenvalue weighted by atomic mass is 10.1. The van der Waals surface area contributed by atoms with Crippen molar-refractivity contribution >= 4 is 21.8 Å². The van der Waals surface area contributed by atoms with Gasteiger partial charge >= 0.3 is 0 Å². The van der Waals surface area contributed by atoms with E-state index in [4.69, 9.17) is 14.2 Å². The summed E-state index contributed by atoms with van der Waals surface area (Å²) in [5, 5.41) is 14.6. The number of aromatic amines is 1. The molecule has 0 fully saturated rings. The molecule has 0 radical (unpaired) electrons. The van der Waals surface area contributed by atoms with E-state index < -0.39 is 0 Å². The van der Waals surface area contributed by atoms with Crippen LogP contribution in [0.1, 0.15) is 11.3 Å². The van der Waals surface area contributed by atoms with Crippen LogP contribution in [0, 0.1) is 0 Å². The second-order valence-corrected chi connectivity index (χ2v) is 8.89. The van der Waals surface area contributed by atoms with Crippen LogP contribution >= 0.6 is 0 Å². The van der Waals surface area contributed by atoms with Crippen LogP contribution in [0.4, 0.5) is 0 Å². The Kier molecular flexibility index (Phi) is 6.67. The maximum atomic E-state index is 12.7. The highest BCUT2D eigenvalue weighted by Crippen LogP contribution is 2.22. The first-order valence-electron chi connectivity index (χ1n) is 12.3. The summed E-state index contributed by atoms with van der Waals surface area (Å²) >= 11 is 0. The number of ether oxygens (including phenoxy) is 3. The Morgan fingerprint density at radius 2 is 1.77 bits per heavy atom. The van der Waals surface area contributed by atoms with Gasteiger partial charge in [0, 0.05) is 23.4 Å². The molecule has 3 aromatic carbocycles. The number of nitrogens with one attached hydrogen (secondary N) is 1. The number of H-pyrrole nitrogens is 1. The Hall–Kier alpha value is -5.09. The lowest BCUT2D eigenvalue weighted by Gasteiger charge is -2.08. The van der Waals surface area contributed by atoms with E-state index in [2.05, 4.69) is 25.4 Å². The van der Waals surface area contributed by atoms with Crippen LogP contribution in [0.5, 0.6) is 11.5 Å². The average molecular weight is 521 g/mol. The van der Waals surface area contributed by atoms with E-state index in [0.29, 0.717) is 35.7 Å². The number of benzene rings is 3. The molecule has 6 rings (SSSR count). The van der Waals surface area contributed by atoms with Gasteiger partial charge in [-0.15, -0.1) is 10.2 Å². The largest absolute Gasteiger partial charge is 0.487 e. The van der Waals surface area contributed by atoms with Crippen LogP contribution in [0.25, 0.3) is 33.2 Å². The van der Waals surface area contributed by atoms with Crippen LogP contribution in [0.15, 0.2) is 89.7 Å². The van der Waals surface area contributed by atoms with Crippen molar-refractivity contribution in [2.45, 2.75) is 13.2 Å². The van der Waals surface area contributed by atoms with Crippen molar-refractivity contribution in [2.75, 3.05) is 13.9 Å². The molecule has 194 valence electrons. The van der Waals surface area contributed by atoms with Gasteiger partial charge in [-0.05, 0) is 59.3 Å². The van der Waals surface area contributed by atoms with Gasteiger partial charge in [0.2, 0.25) is 5.82 Å². The van der Waals surface area contributed by atoms with Gasteiger partial charge in [-0.2, -0.15) is 4.80 Å². The summed E-state index contributed by atoms with van der Waals surface area (Å²) in [6.07, 6.45) is 0. The Labute approximate surface area is 222 Å². The summed E-state index contributed by atoms with van der Waals surface area (Å²) in [6, 6.07) is 26.8. The molecule has 10 heteroatoms. The number of methoxy groups -OCH3 is 1. The zero-order valence-corrected chi connectivity index (χ0v) is 21.1. The number of pyridine rings is 2. The van der Waals surface area contributed by atoms with Crippen LogP contribution in [0.2, 0.25) is 0 Å². The number of nitrogens with zero attached hydrogens (tertiary/aromatic N) is 5. The third kappa shape index (κ3) is 5.46. The molecular formula is C29H24N6O4. The summed E-state index contributed by atoms with van der Waals surface area (Å²) in [6.45, 7) is 0.839. The van der Waals surface area contributed by atoms with Crippen LogP contribution in [-0.4, -0.2) is 44.1 Å². The number of fused-ring (bicyclic) bond motifs is 2. The summed E-state index contributed by atoms with van der Waals surface area (Å²) in [5.41, 5.74) is 3.40. The van der Waals surface area contributed by atoms with E-state index in [1.54, 1.807) is 25.3 Å². The van der Waals surface area contributed by atoms with Crippen molar-refractivity contribution in [2.24, 2.45) is 0 Å².